The van der Waals surface area contributed by atoms with E-state index in [0.717, 1.165) is 56.8 Å². The van der Waals surface area contributed by atoms with Crippen molar-refractivity contribution in [2.75, 3.05) is 58.7 Å². The highest BCUT2D eigenvalue weighted by Gasteiger charge is 2.32. The van der Waals surface area contributed by atoms with Crippen LogP contribution in [0, 0.1) is 5.92 Å². The third-order valence-corrected chi connectivity index (χ3v) is 6.93. The molecule has 2 heterocycles. The lowest BCUT2D eigenvalue weighted by Crippen LogP contribution is -2.48. The Morgan fingerprint density at radius 1 is 1.23 bits per heavy atom. The van der Waals surface area contributed by atoms with Crippen molar-refractivity contribution in [2.24, 2.45) is 10.9 Å². The van der Waals surface area contributed by atoms with Crippen molar-refractivity contribution in [1.82, 2.24) is 15.5 Å². The minimum atomic E-state index is 0. The van der Waals surface area contributed by atoms with Gasteiger partial charge in [0.25, 0.3) is 0 Å². The molecule has 0 aromatic carbocycles. The molecule has 0 atom stereocenters. The van der Waals surface area contributed by atoms with Gasteiger partial charge in [0.2, 0.25) is 0 Å². The molecule has 0 aromatic heterocycles. The smallest absolute Gasteiger partial charge is 0.191 e. The van der Waals surface area contributed by atoms with Crippen LogP contribution in [0.4, 0.5) is 0 Å². The van der Waals surface area contributed by atoms with Gasteiger partial charge in [0, 0.05) is 38.1 Å². The van der Waals surface area contributed by atoms with E-state index in [4.69, 9.17) is 4.74 Å². The summed E-state index contributed by atoms with van der Waals surface area (Å²) in [6.07, 6.45) is 6.15. The molecule has 0 saturated carbocycles. The number of rotatable bonds is 8. The van der Waals surface area contributed by atoms with Gasteiger partial charge in [-0.25, -0.2) is 0 Å². The minimum Gasteiger partial charge on any atom is -0.381 e. The Morgan fingerprint density at radius 2 is 1.92 bits per heavy atom. The largest absolute Gasteiger partial charge is 0.381 e. The molecule has 26 heavy (non-hydrogen) atoms. The molecule has 2 fully saturated rings. The van der Waals surface area contributed by atoms with Crippen LogP contribution in [0.1, 0.15) is 46.0 Å². The Labute approximate surface area is 181 Å². The first-order chi connectivity index (χ1) is 12.2. The monoisotopic (exact) mass is 498 g/mol. The highest BCUT2D eigenvalue weighted by atomic mass is 127. The fourth-order valence-corrected chi connectivity index (χ4v) is 4.92. The van der Waals surface area contributed by atoms with Gasteiger partial charge in [-0.1, -0.05) is 13.8 Å². The number of likely N-dealkylation sites (tertiary alicyclic amines) is 1. The van der Waals surface area contributed by atoms with Crippen molar-refractivity contribution >= 4 is 41.7 Å². The average molecular weight is 499 g/mol. The van der Waals surface area contributed by atoms with Crippen LogP contribution in [0.5, 0.6) is 0 Å². The normalized spacial score (nSPS) is 21.9. The summed E-state index contributed by atoms with van der Waals surface area (Å²) in [6.45, 7) is 12.1. The molecule has 154 valence electrons. The molecule has 0 amide bonds. The Bertz CT molecular complexity index is 391. The van der Waals surface area contributed by atoms with E-state index < -0.39 is 0 Å². The van der Waals surface area contributed by atoms with Crippen LogP contribution in [-0.4, -0.2) is 74.3 Å². The van der Waals surface area contributed by atoms with Gasteiger partial charge >= 0.3 is 0 Å². The van der Waals surface area contributed by atoms with Crippen LogP contribution in [-0.2, 0) is 4.74 Å². The molecule has 0 spiro atoms. The van der Waals surface area contributed by atoms with E-state index in [9.17, 15) is 0 Å². The van der Waals surface area contributed by atoms with E-state index in [1.165, 1.54) is 38.9 Å². The van der Waals surface area contributed by atoms with Crippen molar-refractivity contribution in [3.8, 4) is 0 Å². The summed E-state index contributed by atoms with van der Waals surface area (Å²) in [4.78, 5) is 7.00. The zero-order valence-electron chi connectivity index (χ0n) is 16.9. The molecular weight excluding hydrogens is 459 g/mol. The molecule has 2 N–H and O–H groups in total. The van der Waals surface area contributed by atoms with Crippen LogP contribution in [0.2, 0.25) is 0 Å². The number of hydrogen-bond donors (Lipinski definition) is 2. The van der Waals surface area contributed by atoms with Crippen molar-refractivity contribution in [2.45, 2.75) is 50.7 Å². The van der Waals surface area contributed by atoms with Gasteiger partial charge in [0.15, 0.2) is 5.96 Å². The number of piperidine rings is 1. The predicted octanol–water partition coefficient (Wildman–Crippen LogP) is 3.19. The van der Waals surface area contributed by atoms with Crippen molar-refractivity contribution in [3.05, 3.63) is 0 Å². The number of nitrogens with zero attached hydrogens (tertiary/aromatic N) is 2. The SMILES string of the molecule is CCSC1(CNC(=NC)NCCCN2CCC(C)CC2)CCOCC1.I. The lowest BCUT2D eigenvalue weighted by atomic mass is 9.99. The van der Waals surface area contributed by atoms with E-state index >= 15 is 0 Å². The summed E-state index contributed by atoms with van der Waals surface area (Å²) in [5, 5.41) is 7.05. The lowest BCUT2D eigenvalue weighted by molar-refractivity contribution is 0.0782. The second kappa shape index (κ2) is 13.4. The first-order valence-corrected chi connectivity index (χ1v) is 11.0. The molecule has 0 aromatic rings. The molecular formula is C19H39IN4OS. The fourth-order valence-electron chi connectivity index (χ4n) is 3.68. The van der Waals surface area contributed by atoms with E-state index in [2.05, 4.69) is 46.1 Å². The van der Waals surface area contributed by atoms with E-state index in [0.29, 0.717) is 4.75 Å². The summed E-state index contributed by atoms with van der Waals surface area (Å²) in [5.41, 5.74) is 0. The van der Waals surface area contributed by atoms with E-state index in [-0.39, 0.29) is 24.0 Å². The number of halogens is 1. The molecule has 0 bridgehead atoms. The number of nitrogens with one attached hydrogen (secondary N) is 2. The molecule has 2 aliphatic heterocycles. The minimum absolute atomic E-state index is 0. The maximum Gasteiger partial charge on any atom is 0.191 e. The maximum absolute atomic E-state index is 5.56. The number of aliphatic imine (C=N–C) groups is 1. The van der Waals surface area contributed by atoms with Crippen LogP contribution in [0.25, 0.3) is 0 Å². The maximum atomic E-state index is 5.56. The highest BCUT2D eigenvalue weighted by Crippen LogP contribution is 2.34. The molecule has 0 radical (unpaired) electrons. The standard InChI is InChI=1S/C19H38N4OS.HI/c1-4-25-19(8-14-24-15-9-19)16-22-18(20-3)21-10-5-11-23-12-6-17(2)7-13-23;/h17H,4-16H2,1-3H3,(H2,20,21,22);1H. The summed E-state index contributed by atoms with van der Waals surface area (Å²) in [7, 11) is 1.87. The molecule has 0 aliphatic carbocycles. The van der Waals surface area contributed by atoms with Gasteiger partial charge in [0.1, 0.15) is 0 Å². The van der Waals surface area contributed by atoms with Gasteiger partial charge in [-0.3, -0.25) is 4.99 Å². The summed E-state index contributed by atoms with van der Waals surface area (Å²) < 4.78 is 5.86. The Hall–Kier alpha value is 0.270. The van der Waals surface area contributed by atoms with E-state index in [1.807, 2.05) is 7.05 Å². The Balaban J connectivity index is 0.00000338. The van der Waals surface area contributed by atoms with Gasteiger partial charge in [-0.05, 0) is 63.4 Å². The van der Waals surface area contributed by atoms with Crippen LogP contribution < -0.4 is 10.6 Å². The second-order valence-electron chi connectivity index (χ2n) is 7.46. The highest BCUT2D eigenvalue weighted by molar-refractivity contribution is 14.0. The molecule has 2 saturated heterocycles. The Morgan fingerprint density at radius 3 is 2.54 bits per heavy atom. The number of ether oxygens (including phenoxy) is 1. The van der Waals surface area contributed by atoms with Crippen LogP contribution in [0.15, 0.2) is 4.99 Å². The zero-order chi connectivity index (χ0) is 18.0. The van der Waals surface area contributed by atoms with Crippen molar-refractivity contribution in [3.63, 3.8) is 0 Å². The van der Waals surface area contributed by atoms with Gasteiger partial charge in [-0.15, -0.1) is 24.0 Å². The number of hydrogen-bond acceptors (Lipinski definition) is 4. The fraction of sp³-hybridized carbons (Fsp3) is 0.947. The van der Waals surface area contributed by atoms with Gasteiger partial charge < -0.3 is 20.3 Å². The van der Waals surface area contributed by atoms with Gasteiger partial charge in [-0.2, -0.15) is 11.8 Å². The molecule has 2 aliphatic rings. The molecule has 7 heteroatoms. The summed E-state index contributed by atoms with van der Waals surface area (Å²) in [6, 6.07) is 0. The Kier molecular flexibility index (Phi) is 12.6. The van der Waals surface area contributed by atoms with Crippen molar-refractivity contribution in [1.29, 1.82) is 0 Å². The van der Waals surface area contributed by atoms with Crippen molar-refractivity contribution < 1.29 is 4.74 Å². The molecule has 2 rings (SSSR count). The topological polar surface area (TPSA) is 48.9 Å². The summed E-state index contributed by atoms with van der Waals surface area (Å²) >= 11 is 2.07. The quantitative estimate of drug-likeness (QED) is 0.233. The first kappa shape index (κ1) is 24.3. The van der Waals surface area contributed by atoms with E-state index in [1.54, 1.807) is 0 Å². The summed E-state index contributed by atoms with van der Waals surface area (Å²) in [5.74, 6) is 3.01. The van der Waals surface area contributed by atoms with Gasteiger partial charge in [0.05, 0.1) is 0 Å². The molecule has 5 nitrogen and oxygen atoms in total. The average Bonchev–Trinajstić information content (AvgIpc) is 2.64. The second-order valence-corrected chi connectivity index (χ2v) is 9.19. The van der Waals surface area contributed by atoms with Crippen LogP contribution in [0.3, 0.4) is 0 Å². The zero-order valence-corrected chi connectivity index (χ0v) is 20.0. The lowest BCUT2D eigenvalue weighted by Gasteiger charge is -2.37. The van der Waals surface area contributed by atoms with Crippen LogP contribution >= 0.6 is 35.7 Å². The number of thioether (sulfide) groups is 1. The third kappa shape index (κ3) is 8.52. The third-order valence-electron chi connectivity index (χ3n) is 5.48. The predicted molar refractivity (Wildman–Crippen MR) is 125 cm³/mol. The first-order valence-electron chi connectivity index (χ1n) is 10.1. The molecule has 0 unspecified atom stereocenters. The number of guanidine groups is 1.